The minimum absolute atomic E-state index is 0.0144. The molecule has 0 radical (unpaired) electrons. The quantitative estimate of drug-likeness (QED) is 0.123. The maximum atomic E-state index is 6.81. The second-order valence-electron chi connectivity index (χ2n) is 17.9. The molecular weight excluding hydrogens is 560 g/mol. The lowest BCUT2D eigenvalue weighted by atomic mass is 9.78. The van der Waals surface area contributed by atoms with Gasteiger partial charge in [0.1, 0.15) is 12.6 Å². The number of rotatable bonds is 16. The monoisotopic (exact) mass is 637 g/mol. The van der Waals surface area contributed by atoms with E-state index in [9.17, 15) is 0 Å². The molecule has 3 aliphatic heterocycles. The number of unbranched alkanes of at least 4 members (excludes halogenated alkanes) is 3. The van der Waals surface area contributed by atoms with E-state index < -0.39 is 0 Å². The van der Waals surface area contributed by atoms with Gasteiger partial charge in [0.15, 0.2) is 0 Å². The minimum Gasteiger partial charge on any atom is -0.379 e. The van der Waals surface area contributed by atoms with Gasteiger partial charge in [-0.3, -0.25) is 25.3 Å². The highest BCUT2D eigenvalue weighted by molar-refractivity contribution is 5.02. The third-order valence-corrected chi connectivity index (χ3v) is 10.1. The number of nitrogens with one attached hydrogen (secondary N) is 4. The molecule has 0 aromatic rings. The van der Waals surface area contributed by atoms with E-state index >= 15 is 0 Å². The van der Waals surface area contributed by atoms with Crippen molar-refractivity contribution in [3.63, 3.8) is 0 Å². The third kappa shape index (κ3) is 12.9. The number of nitrogens with zero attached hydrogens (tertiary/aromatic N) is 3. The van der Waals surface area contributed by atoms with Gasteiger partial charge in [-0.25, -0.2) is 0 Å². The summed E-state index contributed by atoms with van der Waals surface area (Å²) >= 11 is 0. The zero-order valence-electron chi connectivity index (χ0n) is 31.7. The molecular formula is C36H76N8O. The molecule has 0 bridgehead atoms. The Balaban J connectivity index is 1.65. The van der Waals surface area contributed by atoms with Crippen LogP contribution in [-0.2, 0) is 4.74 Å². The molecule has 0 amide bonds. The van der Waals surface area contributed by atoms with Crippen molar-refractivity contribution >= 4 is 0 Å². The van der Waals surface area contributed by atoms with Crippen molar-refractivity contribution in [1.82, 2.24) is 36.0 Å². The smallest absolute Gasteiger partial charge is 0.117 e. The molecule has 9 nitrogen and oxygen atoms in total. The van der Waals surface area contributed by atoms with E-state index in [1.54, 1.807) is 0 Å². The second kappa shape index (κ2) is 16.4. The second-order valence-corrected chi connectivity index (χ2v) is 17.9. The number of ether oxygens (including phenoxy) is 1. The molecule has 2 unspecified atom stereocenters. The zero-order chi connectivity index (χ0) is 33.6. The van der Waals surface area contributed by atoms with Gasteiger partial charge in [0.2, 0.25) is 0 Å². The average molecular weight is 637 g/mol. The molecule has 266 valence electrons. The average Bonchev–Trinajstić information content (AvgIpc) is 2.86. The van der Waals surface area contributed by atoms with E-state index in [1.165, 1.54) is 45.1 Å². The molecule has 0 spiro atoms. The van der Waals surface area contributed by atoms with Crippen LogP contribution in [0.15, 0.2) is 0 Å². The molecule has 3 fully saturated rings. The summed E-state index contributed by atoms with van der Waals surface area (Å²) < 4.78 is 5.61. The van der Waals surface area contributed by atoms with Crippen LogP contribution in [0.1, 0.15) is 134 Å². The van der Waals surface area contributed by atoms with Crippen LogP contribution in [0.2, 0.25) is 0 Å². The summed E-state index contributed by atoms with van der Waals surface area (Å²) in [5.41, 5.74) is 7.33. The van der Waals surface area contributed by atoms with Crippen LogP contribution in [0.5, 0.6) is 0 Å². The normalized spacial score (nSPS) is 25.8. The Bertz CT molecular complexity index is 837. The van der Waals surface area contributed by atoms with E-state index in [1.807, 2.05) is 0 Å². The molecule has 2 atom stereocenters. The van der Waals surface area contributed by atoms with E-state index in [4.69, 9.17) is 10.5 Å². The van der Waals surface area contributed by atoms with Crippen LogP contribution in [0.4, 0.5) is 0 Å². The lowest BCUT2D eigenvalue weighted by Gasteiger charge is -2.52. The maximum Gasteiger partial charge on any atom is 0.117 e. The van der Waals surface area contributed by atoms with Gasteiger partial charge in [-0.2, -0.15) is 0 Å². The fraction of sp³-hybridized carbons (Fsp3) is 1.00. The van der Waals surface area contributed by atoms with Crippen LogP contribution < -0.4 is 27.0 Å². The van der Waals surface area contributed by atoms with E-state index in [-0.39, 0.29) is 34.7 Å². The minimum atomic E-state index is -0.206. The Labute approximate surface area is 278 Å². The van der Waals surface area contributed by atoms with Gasteiger partial charge in [0.25, 0.3) is 0 Å². The highest BCUT2D eigenvalue weighted by Crippen LogP contribution is 2.34. The van der Waals surface area contributed by atoms with Gasteiger partial charge in [0.05, 0.1) is 13.2 Å². The Hall–Kier alpha value is -0.360. The van der Waals surface area contributed by atoms with Gasteiger partial charge in [-0.1, -0.05) is 12.8 Å². The van der Waals surface area contributed by atoms with Gasteiger partial charge >= 0.3 is 0 Å². The van der Waals surface area contributed by atoms with Crippen molar-refractivity contribution in [1.29, 1.82) is 0 Å². The first kappa shape index (κ1) is 39.1. The Morgan fingerprint density at radius 1 is 0.689 bits per heavy atom. The summed E-state index contributed by atoms with van der Waals surface area (Å²) in [6.45, 7) is 33.7. The topological polar surface area (TPSA) is 93.1 Å². The summed E-state index contributed by atoms with van der Waals surface area (Å²) in [6.07, 6.45) is 9.49. The maximum absolute atomic E-state index is 6.81. The third-order valence-electron chi connectivity index (χ3n) is 10.1. The van der Waals surface area contributed by atoms with Gasteiger partial charge in [-0.05, 0) is 128 Å². The van der Waals surface area contributed by atoms with Crippen molar-refractivity contribution in [2.75, 3.05) is 39.4 Å². The largest absolute Gasteiger partial charge is 0.379 e. The summed E-state index contributed by atoms with van der Waals surface area (Å²) in [4.78, 5) is 7.84. The Kier molecular flexibility index (Phi) is 14.2. The number of hydrogen-bond donors (Lipinski definition) is 5. The fourth-order valence-electron chi connectivity index (χ4n) is 9.01. The van der Waals surface area contributed by atoms with Crippen molar-refractivity contribution in [2.24, 2.45) is 5.73 Å². The predicted molar refractivity (Wildman–Crippen MR) is 191 cm³/mol. The van der Waals surface area contributed by atoms with Crippen molar-refractivity contribution < 1.29 is 4.74 Å². The molecule has 0 aliphatic carbocycles. The Morgan fingerprint density at radius 2 is 1.11 bits per heavy atom. The molecule has 3 saturated heterocycles. The first-order chi connectivity index (χ1) is 20.8. The number of nitrogens with two attached hydrogens (primary N) is 1. The standard InChI is InChI=1S/C36H76N8O/c1-27(2)38-32(39-31(37)42-19-21-45-22-20-42)44(30-25-35(9,10)41-36(11,12)26-30)18-16-14-13-15-17-43(28(3)4)29-23-33(5,6)40-34(7,8)24-29/h27-32,38-41H,13-26,37H2,1-12H3. The van der Waals surface area contributed by atoms with E-state index in [0.29, 0.717) is 24.2 Å². The van der Waals surface area contributed by atoms with Gasteiger partial charge in [-0.15, -0.1) is 0 Å². The first-order valence-electron chi connectivity index (χ1n) is 18.5. The van der Waals surface area contributed by atoms with Crippen LogP contribution in [0.25, 0.3) is 0 Å². The lowest BCUT2D eigenvalue weighted by molar-refractivity contribution is -0.0270. The zero-order valence-corrected chi connectivity index (χ0v) is 31.7. The fourth-order valence-corrected chi connectivity index (χ4v) is 9.01. The summed E-state index contributed by atoms with van der Waals surface area (Å²) in [6, 6.07) is 2.02. The first-order valence-corrected chi connectivity index (χ1v) is 18.5. The van der Waals surface area contributed by atoms with Crippen molar-refractivity contribution in [3.05, 3.63) is 0 Å². The molecule has 45 heavy (non-hydrogen) atoms. The molecule has 0 aromatic carbocycles. The highest BCUT2D eigenvalue weighted by atomic mass is 16.5. The number of morpholine rings is 1. The molecule has 3 aliphatic rings. The molecule has 3 rings (SSSR count). The Morgan fingerprint density at radius 3 is 1.53 bits per heavy atom. The van der Waals surface area contributed by atoms with Crippen LogP contribution in [-0.4, -0.2) is 113 Å². The number of piperidine rings is 2. The number of hydrogen-bond acceptors (Lipinski definition) is 9. The molecule has 0 aromatic heterocycles. The summed E-state index contributed by atoms with van der Waals surface area (Å²) in [5.74, 6) is 0. The van der Waals surface area contributed by atoms with E-state index in [0.717, 1.165) is 45.7 Å². The molecule has 9 heteroatoms. The highest BCUT2D eigenvalue weighted by Gasteiger charge is 2.42. The predicted octanol–water partition coefficient (Wildman–Crippen LogP) is 4.62. The molecule has 3 heterocycles. The van der Waals surface area contributed by atoms with Crippen molar-refractivity contribution in [3.8, 4) is 0 Å². The summed E-state index contributed by atoms with van der Waals surface area (Å²) in [5, 5.41) is 15.5. The molecule has 0 saturated carbocycles. The van der Waals surface area contributed by atoms with Crippen LogP contribution >= 0.6 is 0 Å². The lowest BCUT2D eigenvalue weighted by Crippen LogP contribution is -2.70. The van der Waals surface area contributed by atoms with E-state index in [2.05, 4.69) is 119 Å². The van der Waals surface area contributed by atoms with Crippen LogP contribution in [0, 0.1) is 0 Å². The van der Waals surface area contributed by atoms with Crippen molar-refractivity contribution in [2.45, 2.75) is 193 Å². The SMILES string of the molecule is CC(C)NC(NC(N)N1CCOCC1)N(CCCCCCN(C(C)C)C1CC(C)(C)NC(C)(C)C1)C1CC(C)(C)NC(C)(C)C1. The molecule has 6 N–H and O–H groups in total. The van der Waals surface area contributed by atoms with Gasteiger partial charge in [0, 0.05) is 66.0 Å². The van der Waals surface area contributed by atoms with Gasteiger partial charge < -0.3 is 21.1 Å². The summed E-state index contributed by atoms with van der Waals surface area (Å²) in [7, 11) is 0. The van der Waals surface area contributed by atoms with Crippen LogP contribution in [0.3, 0.4) is 0 Å².